The molecule has 2 atom stereocenters. The van der Waals surface area contributed by atoms with Gasteiger partial charge in [0.1, 0.15) is 12.4 Å². The smallest absolute Gasteiger partial charge is 0.119 e. The topological polar surface area (TPSA) is 21.3 Å². The van der Waals surface area contributed by atoms with Crippen molar-refractivity contribution in [3.8, 4) is 5.75 Å². The molecule has 1 aromatic rings. The van der Waals surface area contributed by atoms with Crippen LogP contribution in [0.3, 0.4) is 0 Å². The molecular formula is C14H21NO. The number of hydrogen-bond donors (Lipinski definition) is 1. The molecule has 0 spiro atoms. The molecule has 1 saturated carbocycles. The second-order valence-corrected chi connectivity index (χ2v) is 4.63. The highest BCUT2D eigenvalue weighted by molar-refractivity contribution is 5.20. The first kappa shape index (κ1) is 11.5. The lowest BCUT2D eigenvalue weighted by Crippen LogP contribution is -2.34. The largest absolute Gasteiger partial charge is 0.492 e. The second kappa shape index (κ2) is 5.90. The van der Waals surface area contributed by atoms with Crippen LogP contribution in [0.15, 0.2) is 30.3 Å². The third-order valence-electron chi connectivity index (χ3n) is 3.38. The van der Waals surface area contributed by atoms with Gasteiger partial charge in [-0.25, -0.2) is 0 Å². The SMILES string of the molecule is CC1CCCC1NCCOc1ccccc1. The van der Waals surface area contributed by atoms with Crippen LogP contribution >= 0.6 is 0 Å². The Kier molecular flexibility index (Phi) is 4.23. The molecule has 0 bridgehead atoms. The van der Waals surface area contributed by atoms with Crippen molar-refractivity contribution in [1.29, 1.82) is 0 Å². The van der Waals surface area contributed by atoms with Gasteiger partial charge in [-0.1, -0.05) is 31.5 Å². The number of benzene rings is 1. The van der Waals surface area contributed by atoms with E-state index in [1.165, 1.54) is 19.3 Å². The summed E-state index contributed by atoms with van der Waals surface area (Å²) in [6, 6.07) is 10.7. The van der Waals surface area contributed by atoms with Crippen LogP contribution in [0, 0.1) is 5.92 Å². The quantitative estimate of drug-likeness (QED) is 0.769. The summed E-state index contributed by atoms with van der Waals surface area (Å²) in [5.74, 6) is 1.79. The molecule has 2 rings (SSSR count). The molecule has 0 amide bonds. The maximum Gasteiger partial charge on any atom is 0.119 e. The number of hydrogen-bond acceptors (Lipinski definition) is 2. The number of nitrogens with one attached hydrogen (secondary N) is 1. The zero-order valence-electron chi connectivity index (χ0n) is 9.99. The van der Waals surface area contributed by atoms with Crippen LogP contribution in [0.25, 0.3) is 0 Å². The fraction of sp³-hybridized carbons (Fsp3) is 0.571. The van der Waals surface area contributed by atoms with Gasteiger partial charge >= 0.3 is 0 Å². The van der Waals surface area contributed by atoms with E-state index in [-0.39, 0.29) is 0 Å². The molecule has 0 heterocycles. The van der Waals surface area contributed by atoms with Crippen LogP contribution < -0.4 is 10.1 Å². The van der Waals surface area contributed by atoms with Crippen LogP contribution in [0.1, 0.15) is 26.2 Å². The average Bonchev–Trinajstić information content (AvgIpc) is 2.72. The second-order valence-electron chi connectivity index (χ2n) is 4.63. The van der Waals surface area contributed by atoms with Crippen molar-refractivity contribution in [2.24, 2.45) is 5.92 Å². The molecule has 1 aromatic carbocycles. The molecule has 0 aliphatic heterocycles. The maximum absolute atomic E-state index is 5.64. The molecule has 0 saturated heterocycles. The Bertz CT molecular complexity index is 299. The van der Waals surface area contributed by atoms with Gasteiger partial charge in [-0.2, -0.15) is 0 Å². The molecule has 2 heteroatoms. The third kappa shape index (κ3) is 3.24. The van der Waals surface area contributed by atoms with Crippen LogP contribution in [0.5, 0.6) is 5.75 Å². The summed E-state index contributed by atoms with van der Waals surface area (Å²) in [5.41, 5.74) is 0. The lowest BCUT2D eigenvalue weighted by molar-refractivity contribution is 0.296. The van der Waals surface area contributed by atoms with E-state index in [1.54, 1.807) is 0 Å². The minimum atomic E-state index is 0.708. The van der Waals surface area contributed by atoms with Gasteiger partial charge < -0.3 is 10.1 Å². The summed E-state index contributed by atoms with van der Waals surface area (Å²) in [6.45, 7) is 4.04. The van der Waals surface area contributed by atoms with E-state index in [2.05, 4.69) is 12.2 Å². The molecule has 1 aliphatic carbocycles. The summed E-state index contributed by atoms with van der Waals surface area (Å²) >= 11 is 0. The molecule has 2 nitrogen and oxygen atoms in total. The predicted molar refractivity (Wildman–Crippen MR) is 66.7 cm³/mol. The van der Waals surface area contributed by atoms with Gasteiger partial charge in [0.2, 0.25) is 0 Å². The molecular weight excluding hydrogens is 198 g/mol. The molecule has 1 N–H and O–H groups in total. The number of rotatable bonds is 5. The minimum absolute atomic E-state index is 0.708. The molecule has 0 radical (unpaired) electrons. The first-order valence-corrected chi connectivity index (χ1v) is 6.27. The average molecular weight is 219 g/mol. The Morgan fingerprint density at radius 1 is 1.25 bits per heavy atom. The van der Waals surface area contributed by atoms with E-state index in [0.717, 1.165) is 24.8 Å². The Balaban J connectivity index is 1.62. The van der Waals surface area contributed by atoms with E-state index in [9.17, 15) is 0 Å². The van der Waals surface area contributed by atoms with Gasteiger partial charge in [-0.3, -0.25) is 0 Å². The highest BCUT2D eigenvalue weighted by Gasteiger charge is 2.22. The fourth-order valence-electron chi connectivity index (χ4n) is 2.38. The molecule has 2 unspecified atom stereocenters. The van der Waals surface area contributed by atoms with Crippen molar-refractivity contribution in [2.75, 3.05) is 13.2 Å². The minimum Gasteiger partial charge on any atom is -0.492 e. The van der Waals surface area contributed by atoms with Crippen LogP contribution in [0.4, 0.5) is 0 Å². The number of ether oxygens (including phenoxy) is 1. The van der Waals surface area contributed by atoms with Crippen LogP contribution in [-0.4, -0.2) is 19.2 Å². The predicted octanol–water partition coefficient (Wildman–Crippen LogP) is 2.84. The van der Waals surface area contributed by atoms with Gasteiger partial charge in [0.15, 0.2) is 0 Å². The van der Waals surface area contributed by atoms with Gasteiger partial charge in [-0.15, -0.1) is 0 Å². The van der Waals surface area contributed by atoms with E-state index >= 15 is 0 Å². The molecule has 0 aromatic heterocycles. The number of para-hydroxylation sites is 1. The third-order valence-corrected chi connectivity index (χ3v) is 3.38. The Labute approximate surface area is 98.0 Å². The Morgan fingerprint density at radius 3 is 2.75 bits per heavy atom. The Morgan fingerprint density at radius 2 is 2.06 bits per heavy atom. The molecule has 1 aliphatic rings. The van der Waals surface area contributed by atoms with Gasteiger partial charge in [-0.05, 0) is 30.9 Å². The van der Waals surface area contributed by atoms with E-state index in [4.69, 9.17) is 4.74 Å². The zero-order valence-corrected chi connectivity index (χ0v) is 9.99. The standard InChI is InChI=1S/C14H21NO/c1-12-6-5-9-14(12)15-10-11-16-13-7-3-2-4-8-13/h2-4,7-8,12,14-15H,5-6,9-11H2,1H3. The summed E-state index contributed by atoms with van der Waals surface area (Å²) in [6.07, 6.45) is 4.07. The summed E-state index contributed by atoms with van der Waals surface area (Å²) < 4.78 is 5.64. The summed E-state index contributed by atoms with van der Waals surface area (Å²) in [5, 5.41) is 3.58. The summed E-state index contributed by atoms with van der Waals surface area (Å²) in [4.78, 5) is 0. The maximum atomic E-state index is 5.64. The van der Waals surface area contributed by atoms with E-state index < -0.39 is 0 Å². The zero-order chi connectivity index (χ0) is 11.2. The van der Waals surface area contributed by atoms with Crippen LogP contribution in [-0.2, 0) is 0 Å². The van der Waals surface area contributed by atoms with Gasteiger partial charge in [0.25, 0.3) is 0 Å². The first-order chi connectivity index (χ1) is 7.86. The molecule has 88 valence electrons. The fourth-order valence-corrected chi connectivity index (χ4v) is 2.38. The molecule has 16 heavy (non-hydrogen) atoms. The van der Waals surface area contributed by atoms with Crippen molar-refractivity contribution >= 4 is 0 Å². The lowest BCUT2D eigenvalue weighted by atomic mass is 10.1. The molecule has 1 fully saturated rings. The van der Waals surface area contributed by atoms with Crippen molar-refractivity contribution < 1.29 is 4.74 Å². The van der Waals surface area contributed by atoms with Crippen molar-refractivity contribution in [2.45, 2.75) is 32.2 Å². The lowest BCUT2D eigenvalue weighted by Gasteiger charge is -2.17. The van der Waals surface area contributed by atoms with Crippen LogP contribution in [0.2, 0.25) is 0 Å². The monoisotopic (exact) mass is 219 g/mol. The normalized spacial score (nSPS) is 24.6. The van der Waals surface area contributed by atoms with Gasteiger partial charge in [0.05, 0.1) is 0 Å². The van der Waals surface area contributed by atoms with Gasteiger partial charge in [0, 0.05) is 12.6 Å². The first-order valence-electron chi connectivity index (χ1n) is 6.27. The van der Waals surface area contributed by atoms with Crippen molar-refractivity contribution in [1.82, 2.24) is 5.32 Å². The van der Waals surface area contributed by atoms with Crippen molar-refractivity contribution in [3.63, 3.8) is 0 Å². The highest BCUT2D eigenvalue weighted by atomic mass is 16.5. The highest BCUT2D eigenvalue weighted by Crippen LogP contribution is 2.24. The summed E-state index contributed by atoms with van der Waals surface area (Å²) in [7, 11) is 0. The van der Waals surface area contributed by atoms with Crippen molar-refractivity contribution in [3.05, 3.63) is 30.3 Å². The van der Waals surface area contributed by atoms with E-state index in [1.807, 2.05) is 30.3 Å². The Hall–Kier alpha value is -1.02. The van der Waals surface area contributed by atoms with E-state index in [0.29, 0.717) is 6.04 Å².